The van der Waals surface area contributed by atoms with Gasteiger partial charge >= 0.3 is 0 Å². The van der Waals surface area contributed by atoms with Gasteiger partial charge < -0.3 is 10.1 Å². The van der Waals surface area contributed by atoms with Gasteiger partial charge in [-0.15, -0.1) is 0 Å². The molecular weight excluding hydrogens is 308 g/mol. The van der Waals surface area contributed by atoms with Gasteiger partial charge in [-0.05, 0) is 24.6 Å². The molecule has 3 rings (SSSR count). The fraction of sp³-hybridized carbons (Fsp3) is 0.235. The monoisotopic (exact) mass is 326 g/mol. The summed E-state index contributed by atoms with van der Waals surface area (Å²) < 4.78 is 5.27. The number of nitrogens with zero attached hydrogens (tertiary/aromatic N) is 3. The summed E-state index contributed by atoms with van der Waals surface area (Å²) in [6.45, 7) is 2.14. The van der Waals surface area contributed by atoms with Gasteiger partial charge in [0.25, 0.3) is 0 Å². The van der Waals surface area contributed by atoms with Crippen LogP contribution >= 0.6 is 11.8 Å². The number of pyridine rings is 1. The Kier molecular flexibility index (Phi) is 4.92. The Labute approximate surface area is 139 Å². The first-order chi connectivity index (χ1) is 11.3. The van der Waals surface area contributed by atoms with Crippen LogP contribution in [0, 0.1) is 0 Å². The number of rotatable bonds is 6. The fourth-order valence-corrected chi connectivity index (χ4v) is 2.86. The number of benzene rings is 1. The van der Waals surface area contributed by atoms with Crippen molar-refractivity contribution in [3.63, 3.8) is 0 Å². The number of methoxy groups -OCH3 is 1. The molecule has 0 saturated heterocycles. The van der Waals surface area contributed by atoms with Crippen molar-refractivity contribution < 1.29 is 4.74 Å². The molecule has 3 aromatic rings. The van der Waals surface area contributed by atoms with Gasteiger partial charge in [0.15, 0.2) is 5.16 Å². The third-order valence-corrected chi connectivity index (χ3v) is 4.30. The zero-order chi connectivity index (χ0) is 16.1. The summed E-state index contributed by atoms with van der Waals surface area (Å²) in [7, 11) is 1.66. The summed E-state index contributed by atoms with van der Waals surface area (Å²) in [5, 5.41) is 5.08. The number of fused-ring (bicyclic) bond motifs is 1. The van der Waals surface area contributed by atoms with Crippen molar-refractivity contribution in [3.05, 3.63) is 42.7 Å². The van der Waals surface area contributed by atoms with Crippen LogP contribution in [0.15, 0.2) is 47.9 Å². The van der Waals surface area contributed by atoms with Crippen LogP contribution in [-0.4, -0.2) is 27.8 Å². The van der Waals surface area contributed by atoms with Crippen LogP contribution in [0.4, 0.5) is 11.5 Å². The number of nitrogens with one attached hydrogen (secondary N) is 1. The molecule has 0 atom stereocenters. The molecule has 5 nitrogen and oxygen atoms in total. The molecule has 1 N–H and O–H groups in total. The number of hydrogen-bond donors (Lipinski definition) is 1. The maximum Gasteiger partial charge on any atom is 0.190 e. The minimum absolute atomic E-state index is 0.762. The molecule has 1 aromatic carbocycles. The molecule has 23 heavy (non-hydrogen) atoms. The molecule has 2 aromatic heterocycles. The second-order valence-electron chi connectivity index (χ2n) is 4.95. The van der Waals surface area contributed by atoms with E-state index in [4.69, 9.17) is 4.74 Å². The summed E-state index contributed by atoms with van der Waals surface area (Å²) in [6.07, 6.45) is 4.60. The minimum atomic E-state index is 0.762. The highest BCUT2D eigenvalue weighted by molar-refractivity contribution is 7.99. The van der Waals surface area contributed by atoms with E-state index in [1.54, 1.807) is 31.3 Å². The lowest BCUT2D eigenvalue weighted by Gasteiger charge is -2.11. The van der Waals surface area contributed by atoms with Crippen molar-refractivity contribution in [3.8, 4) is 5.75 Å². The highest BCUT2D eigenvalue weighted by atomic mass is 32.2. The lowest BCUT2D eigenvalue weighted by molar-refractivity contribution is 0.415. The molecule has 0 spiro atoms. The first kappa shape index (κ1) is 15.6. The van der Waals surface area contributed by atoms with Crippen LogP contribution < -0.4 is 10.1 Å². The van der Waals surface area contributed by atoms with Gasteiger partial charge in [0.1, 0.15) is 11.6 Å². The number of ether oxygens (including phenoxy) is 1. The number of anilines is 2. The molecule has 0 unspecified atom stereocenters. The van der Waals surface area contributed by atoms with E-state index < -0.39 is 0 Å². The van der Waals surface area contributed by atoms with E-state index >= 15 is 0 Å². The highest BCUT2D eigenvalue weighted by Gasteiger charge is 2.09. The van der Waals surface area contributed by atoms with E-state index in [-0.39, 0.29) is 0 Å². The van der Waals surface area contributed by atoms with Crippen LogP contribution in [0.2, 0.25) is 0 Å². The summed E-state index contributed by atoms with van der Waals surface area (Å²) in [6, 6.07) is 9.70. The lowest BCUT2D eigenvalue weighted by Crippen LogP contribution is -1.99. The van der Waals surface area contributed by atoms with Crippen molar-refractivity contribution in [2.45, 2.75) is 18.5 Å². The lowest BCUT2D eigenvalue weighted by atomic mass is 10.2. The van der Waals surface area contributed by atoms with Gasteiger partial charge in [0.05, 0.1) is 18.8 Å². The van der Waals surface area contributed by atoms with Crippen molar-refractivity contribution >= 4 is 34.2 Å². The molecule has 118 valence electrons. The third-order valence-electron chi connectivity index (χ3n) is 3.25. The fourth-order valence-electron chi connectivity index (χ4n) is 2.15. The van der Waals surface area contributed by atoms with E-state index in [1.165, 1.54) is 0 Å². The van der Waals surface area contributed by atoms with E-state index in [9.17, 15) is 0 Å². The maximum absolute atomic E-state index is 5.27. The van der Waals surface area contributed by atoms with E-state index in [1.807, 2.05) is 30.3 Å². The Hall–Kier alpha value is -2.34. The molecule has 0 amide bonds. The Morgan fingerprint density at radius 3 is 2.96 bits per heavy atom. The molecule has 2 heterocycles. The molecule has 0 aliphatic carbocycles. The summed E-state index contributed by atoms with van der Waals surface area (Å²) in [5.41, 5.74) is 1.76. The van der Waals surface area contributed by atoms with Crippen LogP contribution in [0.1, 0.15) is 13.3 Å². The molecule has 0 fully saturated rings. The molecule has 0 saturated carbocycles. The number of aromatic nitrogens is 3. The van der Waals surface area contributed by atoms with Gasteiger partial charge in [-0.25, -0.2) is 9.97 Å². The van der Waals surface area contributed by atoms with E-state index in [0.29, 0.717) is 0 Å². The summed E-state index contributed by atoms with van der Waals surface area (Å²) >= 11 is 1.65. The predicted molar refractivity (Wildman–Crippen MR) is 94.6 cm³/mol. The zero-order valence-electron chi connectivity index (χ0n) is 13.1. The zero-order valence-corrected chi connectivity index (χ0v) is 13.9. The van der Waals surface area contributed by atoms with E-state index in [2.05, 4.69) is 27.2 Å². The number of hydrogen-bond acceptors (Lipinski definition) is 6. The Balaban J connectivity index is 2.00. The Morgan fingerprint density at radius 2 is 2.13 bits per heavy atom. The first-order valence-corrected chi connectivity index (χ1v) is 8.44. The average Bonchev–Trinajstić information content (AvgIpc) is 2.60. The largest absolute Gasteiger partial charge is 0.497 e. The summed E-state index contributed by atoms with van der Waals surface area (Å²) in [4.78, 5) is 13.4. The van der Waals surface area contributed by atoms with Gasteiger partial charge in [-0.3, -0.25) is 4.98 Å². The second kappa shape index (κ2) is 7.28. The molecule has 0 radical (unpaired) electrons. The number of thioether (sulfide) groups is 1. The highest BCUT2D eigenvalue weighted by Crippen LogP contribution is 2.27. The standard InChI is InChI=1S/C17H18N4OS/c1-3-9-23-17-20-15-11-18-8-7-14(15)16(21-17)19-12-5-4-6-13(10-12)22-2/h4-8,10-11H,3,9H2,1-2H3,(H,19,20,21). The van der Waals surface area contributed by atoms with Gasteiger partial charge in [-0.1, -0.05) is 24.8 Å². The average molecular weight is 326 g/mol. The van der Waals surface area contributed by atoms with Gasteiger partial charge in [0, 0.05) is 29.1 Å². The molecule has 0 bridgehead atoms. The predicted octanol–water partition coefficient (Wildman–Crippen LogP) is 4.28. The van der Waals surface area contributed by atoms with Crippen LogP contribution in [0.5, 0.6) is 5.75 Å². The van der Waals surface area contributed by atoms with Crippen LogP contribution in [0.25, 0.3) is 10.9 Å². The quantitative estimate of drug-likeness (QED) is 0.539. The van der Waals surface area contributed by atoms with Crippen molar-refractivity contribution in [2.24, 2.45) is 0 Å². The van der Waals surface area contributed by atoms with Crippen LogP contribution in [0.3, 0.4) is 0 Å². The molecule has 0 aliphatic heterocycles. The smallest absolute Gasteiger partial charge is 0.190 e. The second-order valence-corrected chi connectivity index (χ2v) is 6.02. The normalized spacial score (nSPS) is 10.7. The molecule has 0 aliphatic rings. The Bertz CT molecular complexity index is 809. The van der Waals surface area contributed by atoms with Crippen LogP contribution in [-0.2, 0) is 0 Å². The van der Waals surface area contributed by atoms with Crippen molar-refractivity contribution in [1.82, 2.24) is 15.0 Å². The van der Waals surface area contributed by atoms with Gasteiger partial charge in [-0.2, -0.15) is 0 Å². The van der Waals surface area contributed by atoms with Gasteiger partial charge in [0.2, 0.25) is 0 Å². The third kappa shape index (κ3) is 3.71. The minimum Gasteiger partial charge on any atom is -0.497 e. The molecule has 6 heteroatoms. The molecular formula is C17H18N4OS. The van der Waals surface area contributed by atoms with Crippen molar-refractivity contribution in [2.75, 3.05) is 18.2 Å². The topological polar surface area (TPSA) is 59.9 Å². The SMILES string of the molecule is CCCSc1nc(Nc2cccc(OC)c2)c2ccncc2n1. The van der Waals surface area contributed by atoms with E-state index in [0.717, 1.165) is 45.5 Å². The maximum atomic E-state index is 5.27. The van der Waals surface area contributed by atoms with Crippen molar-refractivity contribution in [1.29, 1.82) is 0 Å². The first-order valence-electron chi connectivity index (χ1n) is 7.46. The summed E-state index contributed by atoms with van der Waals surface area (Å²) in [5.74, 6) is 2.57. The Morgan fingerprint density at radius 1 is 1.22 bits per heavy atom.